The van der Waals surface area contributed by atoms with E-state index >= 15 is 0 Å². The van der Waals surface area contributed by atoms with Gasteiger partial charge < -0.3 is 9.72 Å². The molecule has 2 aromatic carbocycles. The van der Waals surface area contributed by atoms with Crippen molar-refractivity contribution in [1.82, 2.24) is 9.88 Å². The Bertz CT molecular complexity index is 932. The minimum atomic E-state index is -0.265. The lowest BCUT2D eigenvalue weighted by atomic mass is 9.89. The van der Waals surface area contributed by atoms with Crippen LogP contribution in [0.2, 0.25) is 0 Å². The summed E-state index contributed by atoms with van der Waals surface area (Å²) in [7, 11) is 1.49. The molecule has 4 rings (SSSR count). The molecule has 140 valence electrons. The van der Waals surface area contributed by atoms with Crippen LogP contribution in [0.4, 0.5) is 0 Å². The number of methoxy groups -OCH3 is 1. The van der Waals surface area contributed by atoms with E-state index in [1.807, 2.05) is 6.07 Å². The van der Waals surface area contributed by atoms with Crippen LogP contribution in [0.15, 0.2) is 54.6 Å². The predicted molar refractivity (Wildman–Crippen MR) is 107 cm³/mol. The monoisotopic (exact) mass is 362 g/mol. The lowest BCUT2D eigenvalue weighted by molar-refractivity contribution is -0.149. The molecule has 1 N–H and O–H groups in total. The molecule has 1 aliphatic heterocycles. The molecule has 27 heavy (non-hydrogen) atoms. The van der Waals surface area contributed by atoms with Gasteiger partial charge in [-0.1, -0.05) is 61.9 Å². The Labute approximate surface area is 160 Å². The van der Waals surface area contributed by atoms with E-state index in [0.717, 1.165) is 24.9 Å². The average Bonchev–Trinajstić information content (AvgIpc) is 3.08. The number of aromatic nitrogens is 1. The molecule has 4 nitrogen and oxygen atoms in total. The number of benzene rings is 2. The highest BCUT2D eigenvalue weighted by Gasteiger charge is 2.40. The summed E-state index contributed by atoms with van der Waals surface area (Å²) in [6, 6.07) is 18.7. The highest BCUT2D eigenvalue weighted by Crippen LogP contribution is 2.40. The van der Waals surface area contributed by atoms with E-state index in [-0.39, 0.29) is 18.1 Å². The second kappa shape index (κ2) is 7.57. The Morgan fingerprint density at radius 2 is 1.89 bits per heavy atom. The highest BCUT2D eigenvalue weighted by atomic mass is 16.5. The molecule has 3 aromatic rings. The fourth-order valence-electron chi connectivity index (χ4n) is 4.37. The van der Waals surface area contributed by atoms with E-state index in [1.54, 1.807) is 0 Å². The van der Waals surface area contributed by atoms with Crippen molar-refractivity contribution in [3.8, 4) is 0 Å². The summed E-state index contributed by atoms with van der Waals surface area (Å²) in [5, 5.41) is 1.22. The zero-order valence-electron chi connectivity index (χ0n) is 15.9. The Hall–Kier alpha value is -2.59. The first-order valence-electron chi connectivity index (χ1n) is 9.70. The van der Waals surface area contributed by atoms with Crippen molar-refractivity contribution >= 4 is 16.9 Å². The molecule has 0 bridgehead atoms. The summed E-state index contributed by atoms with van der Waals surface area (Å²) >= 11 is 0. The van der Waals surface area contributed by atoms with Crippen molar-refractivity contribution < 1.29 is 9.53 Å². The molecule has 2 atom stereocenters. The summed E-state index contributed by atoms with van der Waals surface area (Å²) in [4.78, 5) is 18.7. The number of para-hydroxylation sites is 1. The van der Waals surface area contributed by atoms with E-state index in [1.165, 1.54) is 29.3 Å². The average molecular weight is 362 g/mol. The molecule has 1 aliphatic rings. The molecule has 0 spiro atoms. The minimum absolute atomic E-state index is 0.150. The maximum atomic E-state index is 12.7. The summed E-state index contributed by atoms with van der Waals surface area (Å²) < 4.78 is 5.20. The number of esters is 1. The molecule has 4 heteroatoms. The second-order valence-corrected chi connectivity index (χ2v) is 7.27. The van der Waals surface area contributed by atoms with Crippen LogP contribution >= 0.6 is 0 Å². The predicted octanol–water partition coefficient (Wildman–Crippen LogP) is 4.61. The fourth-order valence-corrected chi connectivity index (χ4v) is 4.37. The normalized spacial score (nSPS) is 19.8. The van der Waals surface area contributed by atoms with E-state index in [9.17, 15) is 4.79 Å². The summed E-state index contributed by atoms with van der Waals surface area (Å²) in [5.74, 6) is -0.150. The van der Waals surface area contributed by atoms with Gasteiger partial charge in [-0.15, -0.1) is 0 Å². The zero-order valence-corrected chi connectivity index (χ0v) is 15.9. The number of aromatic amines is 1. The number of hydrogen-bond donors (Lipinski definition) is 1. The molecule has 0 saturated carbocycles. The number of carbonyl (C=O) groups excluding carboxylic acids is 1. The first kappa shape index (κ1) is 17.8. The number of ether oxygens (including phenoxy) is 1. The van der Waals surface area contributed by atoms with Crippen LogP contribution in [0.25, 0.3) is 10.9 Å². The van der Waals surface area contributed by atoms with Gasteiger partial charge in [0.15, 0.2) is 0 Å². The van der Waals surface area contributed by atoms with Gasteiger partial charge in [0.2, 0.25) is 0 Å². The molecule has 0 aliphatic carbocycles. The van der Waals surface area contributed by atoms with Crippen molar-refractivity contribution in [2.75, 3.05) is 7.11 Å². The van der Waals surface area contributed by atoms with Gasteiger partial charge in [0.25, 0.3) is 0 Å². The second-order valence-electron chi connectivity index (χ2n) is 7.27. The summed E-state index contributed by atoms with van der Waals surface area (Å²) in [6.07, 6.45) is 2.73. The van der Waals surface area contributed by atoms with E-state index in [2.05, 4.69) is 65.3 Å². The van der Waals surface area contributed by atoms with Crippen molar-refractivity contribution in [1.29, 1.82) is 0 Å². The van der Waals surface area contributed by atoms with Gasteiger partial charge in [0.1, 0.15) is 6.04 Å². The largest absolute Gasteiger partial charge is 0.468 e. The van der Waals surface area contributed by atoms with Gasteiger partial charge in [0, 0.05) is 29.6 Å². The molecule has 0 radical (unpaired) electrons. The number of fused-ring (bicyclic) bond motifs is 3. The van der Waals surface area contributed by atoms with Crippen LogP contribution < -0.4 is 0 Å². The van der Waals surface area contributed by atoms with E-state index in [0.29, 0.717) is 6.42 Å². The fraction of sp³-hybridized carbons (Fsp3) is 0.348. The number of carbonyl (C=O) groups is 1. The Morgan fingerprint density at radius 1 is 1.15 bits per heavy atom. The quantitative estimate of drug-likeness (QED) is 0.674. The summed E-state index contributed by atoms with van der Waals surface area (Å²) in [6.45, 7) is 2.94. The van der Waals surface area contributed by atoms with Crippen LogP contribution in [0, 0.1) is 0 Å². The third kappa shape index (κ3) is 3.26. The Kier molecular flexibility index (Phi) is 4.99. The molecule has 0 amide bonds. The molecule has 0 fully saturated rings. The van der Waals surface area contributed by atoms with Crippen LogP contribution in [0.1, 0.15) is 42.6 Å². The van der Waals surface area contributed by atoms with Crippen molar-refractivity contribution in [3.05, 3.63) is 71.4 Å². The first-order chi connectivity index (χ1) is 13.2. The highest BCUT2D eigenvalue weighted by molar-refractivity contribution is 5.87. The smallest absolute Gasteiger partial charge is 0.323 e. The van der Waals surface area contributed by atoms with Crippen LogP contribution in [0.3, 0.4) is 0 Å². The topological polar surface area (TPSA) is 45.3 Å². The Balaban J connectivity index is 1.81. The third-order valence-corrected chi connectivity index (χ3v) is 5.62. The van der Waals surface area contributed by atoms with Crippen molar-refractivity contribution in [2.24, 2.45) is 0 Å². The standard InChI is InChI=1S/C23H26N2O2/c1-3-9-20-22-18(17-12-7-8-13-19(17)24-22)14-21(23(26)27-2)25(20)15-16-10-5-4-6-11-16/h4-8,10-13,20-21,24H,3,9,14-15H2,1-2H3/t20-,21-/m1/s1. The van der Waals surface area contributed by atoms with Gasteiger partial charge in [-0.05, 0) is 23.6 Å². The number of nitrogens with one attached hydrogen (secondary N) is 1. The Morgan fingerprint density at radius 3 is 2.63 bits per heavy atom. The number of hydrogen-bond acceptors (Lipinski definition) is 3. The first-order valence-corrected chi connectivity index (χ1v) is 9.70. The number of nitrogens with zero attached hydrogens (tertiary/aromatic N) is 1. The molecular formula is C23H26N2O2. The SMILES string of the molecule is CCC[C@@H]1c2[nH]c3ccccc3c2C[C@H](C(=O)OC)N1Cc1ccccc1. The minimum Gasteiger partial charge on any atom is -0.468 e. The molecule has 1 aromatic heterocycles. The van der Waals surface area contributed by atoms with Crippen LogP contribution in [-0.4, -0.2) is 29.0 Å². The number of rotatable bonds is 5. The third-order valence-electron chi connectivity index (χ3n) is 5.62. The van der Waals surface area contributed by atoms with Gasteiger partial charge in [-0.3, -0.25) is 9.69 Å². The lowest BCUT2D eigenvalue weighted by Gasteiger charge is -2.40. The van der Waals surface area contributed by atoms with Gasteiger partial charge in [0.05, 0.1) is 13.2 Å². The molecule has 2 heterocycles. The van der Waals surface area contributed by atoms with Crippen molar-refractivity contribution in [3.63, 3.8) is 0 Å². The van der Waals surface area contributed by atoms with E-state index in [4.69, 9.17) is 4.74 Å². The number of H-pyrrole nitrogens is 1. The van der Waals surface area contributed by atoms with Crippen molar-refractivity contribution in [2.45, 2.75) is 44.8 Å². The van der Waals surface area contributed by atoms with Crippen LogP contribution in [-0.2, 0) is 22.5 Å². The van der Waals surface area contributed by atoms with Crippen LogP contribution in [0.5, 0.6) is 0 Å². The van der Waals surface area contributed by atoms with Gasteiger partial charge in [-0.25, -0.2) is 0 Å². The summed E-state index contributed by atoms with van der Waals surface area (Å²) in [5.41, 5.74) is 4.89. The molecule has 0 unspecified atom stereocenters. The lowest BCUT2D eigenvalue weighted by Crippen LogP contribution is -2.48. The molecule has 0 saturated heterocycles. The maximum absolute atomic E-state index is 12.7. The van der Waals surface area contributed by atoms with E-state index < -0.39 is 0 Å². The molecular weight excluding hydrogens is 336 g/mol. The van der Waals surface area contributed by atoms with Gasteiger partial charge >= 0.3 is 5.97 Å². The zero-order chi connectivity index (χ0) is 18.8. The maximum Gasteiger partial charge on any atom is 0.323 e. The van der Waals surface area contributed by atoms with Gasteiger partial charge in [-0.2, -0.15) is 0 Å².